The fourth-order valence-corrected chi connectivity index (χ4v) is 2.58. The molecular formula is C19H23N3O. The van der Waals surface area contributed by atoms with Crippen LogP contribution in [0.25, 0.3) is 11.0 Å². The number of nitrogens with one attached hydrogen (secondary N) is 1. The third-order valence-corrected chi connectivity index (χ3v) is 3.94. The summed E-state index contributed by atoms with van der Waals surface area (Å²) in [5, 5.41) is 0. The number of fused-ring (bicyclic) bond motifs is 1. The molecule has 0 fully saturated rings. The summed E-state index contributed by atoms with van der Waals surface area (Å²) < 4.78 is 5.86. The minimum Gasteiger partial charge on any atom is -0.489 e. The number of hydrogen-bond donors (Lipinski definition) is 2. The number of nitrogens with zero attached hydrogens (tertiary/aromatic N) is 1. The molecule has 2 aromatic carbocycles. The van der Waals surface area contributed by atoms with E-state index < -0.39 is 0 Å². The summed E-state index contributed by atoms with van der Waals surface area (Å²) in [5.74, 6) is 1.69. The first-order valence-corrected chi connectivity index (χ1v) is 8.18. The molecule has 0 unspecified atom stereocenters. The van der Waals surface area contributed by atoms with Gasteiger partial charge in [0.05, 0.1) is 17.1 Å². The van der Waals surface area contributed by atoms with E-state index in [0.717, 1.165) is 47.4 Å². The van der Waals surface area contributed by atoms with Crippen molar-refractivity contribution < 1.29 is 4.74 Å². The molecule has 0 radical (unpaired) electrons. The van der Waals surface area contributed by atoms with Gasteiger partial charge in [0, 0.05) is 6.07 Å². The Morgan fingerprint density at radius 2 is 2.00 bits per heavy atom. The second kappa shape index (κ2) is 7.29. The fraction of sp³-hybridized carbons (Fsp3) is 0.316. The van der Waals surface area contributed by atoms with E-state index in [9.17, 15) is 0 Å². The molecule has 0 amide bonds. The normalized spacial score (nSPS) is 12.4. The molecule has 3 rings (SSSR count). The van der Waals surface area contributed by atoms with Crippen molar-refractivity contribution in [1.29, 1.82) is 0 Å². The highest BCUT2D eigenvalue weighted by atomic mass is 16.5. The van der Waals surface area contributed by atoms with E-state index in [4.69, 9.17) is 10.5 Å². The zero-order valence-corrected chi connectivity index (χ0v) is 13.5. The van der Waals surface area contributed by atoms with Crippen LogP contribution >= 0.6 is 0 Å². The molecule has 3 aromatic rings. The summed E-state index contributed by atoms with van der Waals surface area (Å²) in [6, 6.07) is 16.0. The second-order valence-electron chi connectivity index (χ2n) is 5.82. The number of H-pyrrole nitrogens is 1. The monoisotopic (exact) mass is 309 g/mol. The molecule has 1 aromatic heterocycles. The van der Waals surface area contributed by atoms with Crippen molar-refractivity contribution in [3.8, 4) is 5.75 Å². The summed E-state index contributed by atoms with van der Waals surface area (Å²) >= 11 is 0. The standard InChI is InChI=1S/C19H23N3O/c1-2-3-9-16(20)19-21-17-11-10-15(12-18(17)22-19)23-13-14-7-5-4-6-8-14/h4-8,10-12,16H,2-3,9,13,20H2,1H3,(H,21,22)/t16-/m0/s1. The zero-order valence-electron chi connectivity index (χ0n) is 13.5. The lowest BCUT2D eigenvalue weighted by Crippen LogP contribution is -2.11. The summed E-state index contributed by atoms with van der Waals surface area (Å²) in [6.45, 7) is 2.73. The summed E-state index contributed by atoms with van der Waals surface area (Å²) in [6.07, 6.45) is 3.21. The van der Waals surface area contributed by atoms with Gasteiger partial charge in [-0.15, -0.1) is 0 Å². The largest absolute Gasteiger partial charge is 0.489 e. The van der Waals surface area contributed by atoms with Gasteiger partial charge in [-0.2, -0.15) is 0 Å². The first-order chi connectivity index (χ1) is 11.3. The molecule has 0 bridgehead atoms. The Morgan fingerprint density at radius 3 is 2.78 bits per heavy atom. The van der Waals surface area contributed by atoms with Crippen LogP contribution in [0.15, 0.2) is 48.5 Å². The van der Waals surface area contributed by atoms with E-state index in [-0.39, 0.29) is 6.04 Å². The van der Waals surface area contributed by atoms with Gasteiger partial charge in [0.2, 0.25) is 0 Å². The first kappa shape index (κ1) is 15.6. The molecule has 0 saturated heterocycles. The van der Waals surface area contributed by atoms with E-state index in [1.54, 1.807) is 0 Å². The average molecular weight is 309 g/mol. The number of hydrogen-bond acceptors (Lipinski definition) is 3. The van der Waals surface area contributed by atoms with Crippen molar-refractivity contribution in [2.45, 2.75) is 38.8 Å². The Bertz CT molecular complexity index is 752. The molecule has 120 valence electrons. The predicted octanol–water partition coefficient (Wildman–Crippen LogP) is 4.33. The van der Waals surface area contributed by atoms with Gasteiger partial charge in [-0.3, -0.25) is 0 Å². The Morgan fingerprint density at radius 1 is 1.17 bits per heavy atom. The molecular weight excluding hydrogens is 286 g/mol. The molecule has 1 heterocycles. The first-order valence-electron chi connectivity index (χ1n) is 8.18. The van der Waals surface area contributed by atoms with Crippen LogP contribution in [-0.4, -0.2) is 9.97 Å². The SMILES string of the molecule is CCCC[C@H](N)c1nc2ccc(OCc3ccccc3)cc2[nH]1. The second-order valence-corrected chi connectivity index (χ2v) is 5.82. The highest BCUT2D eigenvalue weighted by molar-refractivity contribution is 5.76. The van der Waals surface area contributed by atoms with Crippen molar-refractivity contribution in [1.82, 2.24) is 9.97 Å². The molecule has 1 atom stereocenters. The molecule has 23 heavy (non-hydrogen) atoms. The molecule has 0 spiro atoms. The number of rotatable bonds is 7. The van der Waals surface area contributed by atoms with Crippen molar-refractivity contribution in [2.75, 3.05) is 0 Å². The van der Waals surface area contributed by atoms with Gasteiger partial charge in [0.25, 0.3) is 0 Å². The van der Waals surface area contributed by atoms with Crippen molar-refractivity contribution in [3.05, 3.63) is 59.9 Å². The van der Waals surface area contributed by atoms with Gasteiger partial charge in [-0.05, 0) is 24.1 Å². The van der Waals surface area contributed by atoms with Crippen LogP contribution < -0.4 is 10.5 Å². The van der Waals surface area contributed by atoms with E-state index in [1.807, 2.05) is 36.4 Å². The Balaban J connectivity index is 1.71. The zero-order chi connectivity index (χ0) is 16.1. The Kier molecular flexibility index (Phi) is 4.93. The van der Waals surface area contributed by atoms with Crippen molar-refractivity contribution >= 4 is 11.0 Å². The molecule has 0 aliphatic carbocycles. The number of ether oxygens (including phenoxy) is 1. The van der Waals surface area contributed by atoms with Crippen LogP contribution in [0.5, 0.6) is 5.75 Å². The highest BCUT2D eigenvalue weighted by Crippen LogP contribution is 2.23. The quantitative estimate of drug-likeness (QED) is 0.682. The van der Waals surface area contributed by atoms with Crippen molar-refractivity contribution in [2.24, 2.45) is 5.73 Å². The van der Waals surface area contributed by atoms with Gasteiger partial charge < -0.3 is 15.5 Å². The number of benzene rings is 2. The van der Waals surface area contributed by atoms with E-state index in [0.29, 0.717) is 6.61 Å². The number of aromatic nitrogens is 2. The third-order valence-electron chi connectivity index (χ3n) is 3.94. The molecule has 0 aliphatic heterocycles. The average Bonchev–Trinajstić information content (AvgIpc) is 3.02. The van der Waals surface area contributed by atoms with Crippen LogP contribution in [0.4, 0.5) is 0 Å². The molecule has 0 saturated carbocycles. The molecule has 0 aliphatic rings. The summed E-state index contributed by atoms with van der Waals surface area (Å²) in [4.78, 5) is 7.92. The van der Waals surface area contributed by atoms with Gasteiger partial charge >= 0.3 is 0 Å². The molecule has 3 N–H and O–H groups in total. The minimum atomic E-state index is -0.0314. The minimum absolute atomic E-state index is 0.0314. The topological polar surface area (TPSA) is 63.9 Å². The highest BCUT2D eigenvalue weighted by Gasteiger charge is 2.11. The van der Waals surface area contributed by atoms with E-state index >= 15 is 0 Å². The number of unbranched alkanes of at least 4 members (excludes halogenated alkanes) is 1. The van der Waals surface area contributed by atoms with E-state index in [1.165, 1.54) is 0 Å². The smallest absolute Gasteiger partial charge is 0.124 e. The maximum Gasteiger partial charge on any atom is 0.124 e. The van der Waals surface area contributed by atoms with Crippen LogP contribution in [0.3, 0.4) is 0 Å². The lowest BCUT2D eigenvalue weighted by Gasteiger charge is -2.06. The number of aromatic amines is 1. The molecule has 4 nitrogen and oxygen atoms in total. The number of nitrogens with two attached hydrogens (primary N) is 1. The lowest BCUT2D eigenvalue weighted by atomic mass is 10.1. The number of imidazole rings is 1. The Hall–Kier alpha value is -2.33. The van der Waals surface area contributed by atoms with Crippen LogP contribution in [0.2, 0.25) is 0 Å². The van der Waals surface area contributed by atoms with Gasteiger partial charge in [-0.1, -0.05) is 50.1 Å². The predicted molar refractivity (Wildman–Crippen MR) is 93.3 cm³/mol. The third kappa shape index (κ3) is 3.90. The van der Waals surface area contributed by atoms with Gasteiger partial charge in [0.15, 0.2) is 0 Å². The summed E-state index contributed by atoms with van der Waals surface area (Å²) in [5.41, 5.74) is 9.24. The van der Waals surface area contributed by atoms with Crippen LogP contribution in [0.1, 0.15) is 43.6 Å². The van der Waals surface area contributed by atoms with Gasteiger partial charge in [-0.25, -0.2) is 4.98 Å². The fourth-order valence-electron chi connectivity index (χ4n) is 2.58. The van der Waals surface area contributed by atoms with Gasteiger partial charge in [0.1, 0.15) is 18.2 Å². The van der Waals surface area contributed by atoms with Crippen molar-refractivity contribution in [3.63, 3.8) is 0 Å². The maximum atomic E-state index is 6.19. The molecule has 4 heteroatoms. The maximum absolute atomic E-state index is 6.19. The summed E-state index contributed by atoms with van der Waals surface area (Å²) in [7, 11) is 0. The van der Waals surface area contributed by atoms with Crippen LogP contribution in [0, 0.1) is 0 Å². The lowest BCUT2D eigenvalue weighted by molar-refractivity contribution is 0.306. The Labute approximate surface area is 136 Å². The van der Waals surface area contributed by atoms with Crippen LogP contribution in [-0.2, 0) is 6.61 Å². The van der Waals surface area contributed by atoms with E-state index in [2.05, 4.69) is 29.0 Å².